The molecule has 0 fully saturated rings. The molecule has 0 spiro atoms. The summed E-state index contributed by atoms with van der Waals surface area (Å²) in [7, 11) is 1.55. The number of rotatable bonds is 7. The van der Waals surface area contributed by atoms with Gasteiger partial charge in [-0.15, -0.1) is 0 Å². The van der Waals surface area contributed by atoms with Crippen molar-refractivity contribution in [2.24, 2.45) is 0 Å². The van der Waals surface area contributed by atoms with E-state index in [0.29, 0.717) is 24.7 Å². The van der Waals surface area contributed by atoms with Gasteiger partial charge in [-0.2, -0.15) is 0 Å². The van der Waals surface area contributed by atoms with Crippen molar-refractivity contribution in [2.75, 3.05) is 20.3 Å². The minimum atomic E-state index is -2.33. The van der Waals surface area contributed by atoms with Crippen molar-refractivity contribution >= 4 is 0 Å². The molecular weight excluding hydrogens is 228 g/mol. The lowest BCUT2D eigenvalue weighted by atomic mass is 10.2. The van der Waals surface area contributed by atoms with Crippen LogP contribution in [0.2, 0.25) is 0 Å². The van der Waals surface area contributed by atoms with Crippen LogP contribution in [0.3, 0.4) is 0 Å². The molecule has 1 rings (SSSR count). The third kappa shape index (κ3) is 4.56. The molecule has 0 radical (unpaired) electrons. The van der Waals surface area contributed by atoms with Crippen LogP contribution in [0.4, 0.5) is 8.78 Å². The monoisotopic (exact) mass is 245 g/mol. The van der Waals surface area contributed by atoms with Crippen molar-refractivity contribution in [2.45, 2.75) is 19.9 Å². The lowest BCUT2D eigenvalue weighted by Crippen LogP contribution is -2.20. The van der Waals surface area contributed by atoms with E-state index in [2.05, 4.69) is 5.32 Å². The van der Waals surface area contributed by atoms with Gasteiger partial charge in [-0.05, 0) is 24.6 Å². The molecule has 0 atom stereocenters. The van der Waals surface area contributed by atoms with Crippen molar-refractivity contribution < 1.29 is 18.3 Å². The van der Waals surface area contributed by atoms with E-state index in [4.69, 9.17) is 9.47 Å². The fourth-order valence-corrected chi connectivity index (χ4v) is 1.42. The third-order valence-electron chi connectivity index (χ3n) is 2.16. The highest BCUT2D eigenvalue weighted by atomic mass is 19.3. The molecule has 0 unspecified atom stereocenters. The first-order valence-electron chi connectivity index (χ1n) is 5.46. The van der Waals surface area contributed by atoms with Crippen LogP contribution in [0.1, 0.15) is 12.5 Å². The fourth-order valence-electron chi connectivity index (χ4n) is 1.42. The summed E-state index contributed by atoms with van der Waals surface area (Å²) in [5.41, 5.74) is 0.881. The van der Waals surface area contributed by atoms with E-state index in [9.17, 15) is 8.78 Å². The van der Waals surface area contributed by atoms with Crippen LogP contribution in [0.15, 0.2) is 18.2 Å². The van der Waals surface area contributed by atoms with Gasteiger partial charge in [-0.25, -0.2) is 8.78 Å². The van der Waals surface area contributed by atoms with Crippen LogP contribution in [-0.2, 0) is 6.54 Å². The number of hydrogen-bond donors (Lipinski definition) is 1. The Labute approximate surface area is 99.7 Å². The number of halogens is 2. The molecule has 0 amide bonds. The first kappa shape index (κ1) is 13.7. The summed E-state index contributed by atoms with van der Waals surface area (Å²) >= 11 is 0. The zero-order valence-corrected chi connectivity index (χ0v) is 10.0. The SMILES string of the molecule is CCOc1ccc(CNCC(F)F)cc1OC. The molecule has 0 aliphatic heterocycles. The maximum atomic E-state index is 11.9. The second-order valence-electron chi connectivity index (χ2n) is 3.44. The van der Waals surface area contributed by atoms with Gasteiger partial charge in [0.1, 0.15) is 0 Å². The lowest BCUT2D eigenvalue weighted by Gasteiger charge is -2.11. The quantitative estimate of drug-likeness (QED) is 0.800. The van der Waals surface area contributed by atoms with Crippen molar-refractivity contribution in [1.29, 1.82) is 0 Å². The zero-order chi connectivity index (χ0) is 12.7. The van der Waals surface area contributed by atoms with Gasteiger partial charge in [0.2, 0.25) is 0 Å². The summed E-state index contributed by atoms with van der Waals surface area (Å²) in [6.45, 7) is 2.51. The maximum absolute atomic E-state index is 11.9. The van der Waals surface area contributed by atoms with Gasteiger partial charge in [0, 0.05) is 6.54 Å². The summed E-state index contributed by atoms with van der Waals surface area (Å²) in [6.07, 6.45) is -2.33. The van der Waals surface area contributed by atoms with Crippen molar-refractivity contribution in [3.8, 4) is 11.5 Å². The maximum Gasteiger partial charge on any atom is 0.250 e. The number of methoxy groups -OCH3 is 1. The highest BCUT2D eigenvalue weighted by Gasteiger charge is 2.06. The van der Waals surface area contributed by atoms with Crippen LogP contribution in [0, 0.1) is 0 Å². The Morgan fingerprint density at radius 2 is 2.06 bits per heavy atom. The molecular formula is C12H17F2NO2. The highest BCUT2D eigenvalue weighted by Crippen LogP contribution is 2.27. The van der Waals surface area contributed by atoms with Crippen molar-refractivity contribution in [3.05, 3.63) is 23.8 Å². The smallest absolute Gasteiger partial charge is 0.250 e. The summed E-state index contributed by atoms with van der Waals surface area (Å²) in [6, 6.07) is 5.39. The lowest BCUT2D eigenvalue weighted by molar-refractivity contribution is 0.145. The van der Waals surface area contributed by atoms with Gasteiger partial charge in [-0.3, -0.25) is 0 Å². The Morgan fingerprint density at radius 3 is 2.65 bits per heavy atom. The summed E-state index contributed by atoms with van der Waals surface area (Å²) in [4.78, 5) is 0. The first-order valence-corrected chi connectivity index (χ1v) is 5.46. The van der Waals surface area contributed by atoms with Crippen LogP contribution in [-0.4, -0.2) is 26.7 Å². The van der Waals surface area contributed by atoms with Crippen LogP contribution in [0.25, 0.3) is 0 Å². The Bertz CT molecular complexity index is 345. The van der Waals surface area contributed by atoms with Crippen molar-refractivity contribution in [3.63, 3.8) is 0 Å². The average molecular weight is 245 g/mol. The minimum absolute atomic E-state index is 0.310. The molecule has 0 saturated carbocycles. The predicted molar refractivity (Wildman–Crippen MR) is 61.9 cm³/mol. The third-order valence-corrected chi connectivity index (χ3v) is 2.16. The number of ether oxygens (including phenoxy) is 2. The predicted octanol–water partition coefficient (Wildman–Crippen LogP) is 2.45. The van der Waals surface area contributed by atoms with E-state index in [1.165, 1.54) is 0 Å². The zero-order valence-electron chi connectivity index (χ0n) is 10.0. The first-order chi connectivity index (χ1) is 8.17. The van der Waals surface area contributed by atoms with Crippen molar-refractivity contribution in [1.82, 2.24) is 5.32 Å². The molecule has 0 saturated heterocycles. The van der Waals surface area contributed by atoms with Gasteiger partial charge in [-0.1, -0.05) is 6.07 Å². The molecule has 0 aliphatic carbocycles. The van der Waals surface area contributed by atoms with E-state index in [1.807, 2.05) is 13.0 Å². The Morgan fingerprint density at radius 1 is 1.29 bits per heavy atom. The summed E-state index contributed by atoms with van der Waals surface area (Å²) < 4.78 is 34.4. The molecule has 0 aliphatic rings. The van der Waals surface area contributed by atoms with Gasteiger partial charge < -0.3 is 14.8 Å². The van der Waals surface area contributed by atoms with E-state index in [0.717, 1.165) is 5.56 Å². The van der Waals surface area contributed by atoms with E-state index in [1.54, 1.807) is 19.2 Å². The molecule has 0 bridgehead atoms. The van der Waals surface area contributed by atoms with Gasteiger partial charge in [0.05, 0.1) is 20.3 Å². The Balaban J connectivity index is 2.62. The number of alkyl halides is 2. The molecule has 1 N–H and O–H groups in total. The van der Waals surface area contributed by atoms with Gasteiger partial charge in [0.25, 0.3) is 6.43 Å². The normalized spacial score (nSPS) is 10.6. The Hall–Kier alpha value is -1.36. The van der Waals surface area contributed by atoms with E-state index in [-0.39, 0.29) is 6.54 Å². The second-order valence-corrected chi connectivity index (χ2v) is 3.44. The average Bonchev–Trinajstić information content (AvgIpc) is 2.30. The number of nitrogens with one attached hydrogen (secondary N) is 1. The second kappa shape index (κ2) is 7.06. The standard InChI is InChI=1S/C12H17F2NO2/c1-3-17-10-5-4-9(6-11(10)16-2)7-15-8-12(13)14/h4-6,12,15H,3,7-8H2,1-2H3. The summed E-state index contributed by atoms with van der Waals surface area (Å²) in [5, 5.41) is 2.66. The fraction of sp³-hybridized carbons (Fsp3) is 0.500. The van der Waals surface area contributed by atoms with Gasteiger partial charge >= 0.3 is 0 Å². The molecule has 5 heteroatoms. The topological polar surface area (TPSA) is 30.5 Å². The molecule has 0 heterocycles. The summed E-state index contributed by atoms with van der Waals surface area (Å²) in [5.74, 6) is 1.27. The van der Waals surface area contributed by atoms with E-state index < -0.39 is 6.43 Å². The van der Waals surface area contributed by atoms with Crippen LogP contribution >= 0.6 is 0 Å². The molecule has 17 heavy (non-hydrogen) atoms. The largest absolute Gasteiger partial charge is 0.493 e. The van der Waals surface area contributed by atoms with Crippen LogP contribution in [0.5, 0.6) is 11.5 Å². The van der Waals surface area contributed by atoms with E-state index >= 15 is 0 Å². The highest BCUT2D eigenvalue weighted by molar-refractivity contribution is 5.42. The van der Waals surface area contributed by atoms with Gasteiger partial charge in [0.15, 0.2) is 11.5 Å². The Kier molecular flexibility index (Phi) is 5.69. The molecule has 1 aromatic rings. The minimum Gasteiger partial charge on any atom is -0.493 e. The molecule has 0 aromatic heterocycles. The molecule has 3 nitrogen and oxygen atoms in total. The molecule has 1 aromatic carbocycles. The molecule has 96 valence electrons. The number of benzene rings is 1. The number of hydrogen-bond acceptors (Lipinski definition) is 3. The van der Waals surface area contributed by atoms with Crippen LogP contribution < -0.4 is 14.8 Å².